The standard InChI is InChI=1S/C21H30N6O2/c1-16-10-17(2)13-27(12-16)20(28)15-26-8-6-25(7-9-26)14-19-23-21(24-29-19)18-4-3-5-22-11-18/h3-5,11,16-17H,6-10,12-15H2,1-2H3. The van der Waals surface area contributed by atoms with Gasteiger partial charge in [-0.3, -0.25) is 19.6 Å². The van der Waals surface area contributed by atoms with Crippen LogP contribution >= 0.6 is 0 Å². The van der Waals surface area contributed by atoms with E-state index < -0.39 is 0 Å². The monoisotopic (exact) mass is 398 g/mol. The van der Waals surface area contributed by atoms with Crippen molar-refractivity contribution in [2.24, 2.45) is 11.8 Å². The Hall–Kier alpha value is -2.32. The van der Waals surface area contributed by atoms with E-state index >= 15 is 0 Å². The van der Waals surface area contributed by atoms with E-state index in [9.17, 15) is 4.79 Å². The van der Waals surface area contributed by atoms with E-state index in [2.05, 4.69) is 43.7 Å². The summed E-state index contributed by atoms with van der Waals surface area (Å²) in [6.07, 6.45) is 4.68. The Kier molecular flexibility index (Phi) is 6.20. The van der Waals surface area contributed by atoms with Gasteiger partial charge in [0.25, 0.3) is 0 Å². The summed E-state index contributed by atoms with van der Waals surface area (Å²) in [7, 11) is 0. The molecule has 2 unspecified atom stereocenters. The molecule has 1 amide bonds. The molecule has 2 fully saturated rings. The molecular weight excluding hydrogens is 368 g/mol. The zero-order chi connectivity index (χ0) is 20.2. The molecule has 2 aromatic heterocycles. The summed E-state index contributed by atoms with van der Waals surface area (Å²) in [4.78, 5) is 27.9. The van der Waals surface area contributed by atoms with Crippen LogP contribution in [-0.2, 0) is 11.3 Å². The summed E-state index contributed by atoms with van der Waals surface area (Å²) >= 11 is 0. The topological polar surface area (TPSA) is 78.6 Å². The molecule has 0 aromatic carbocycles. The van der Waals surface area contributed by atoms with Gasteiger partial charge in [-0.15, -0.1) is 0 Å². The summed E-state index contributed by atoms with van der Waals surface area (Å²) in [5.74, 6) is 2.66. The Morgan fingerprint density at radius 1 is 1.14 bits per heavy atom. The van der Waals surface area contributed by atoms with Crippen LogP contribution in [-0.4, -0.2) is 81.5 Å². The van der Waals surface area contributed by atoms with Gasteiger partial charge in [-0.2, -0.15) is 4.98 Å². The number of amides is 1. The number of piperazine rings is 1. The molecule has 2 saturated heterocycles. The van der Waals surface area contributed by atoms with Gasteiger partial charge in [0.15, 0.2) is 0 Å². The van der Waals surface area contributed by atoms with Gasteiger partial charge in [-0.05, 0) is 30.4 Å². The van der Waals surface area contributed by atoms with Crippen LogP contribution in [0.15, 0.2) is 29.0 Å². The van der Waals surface area contributed by atoms with E-state index in [-0.39, 0.29) is 5.91 Å². The van der Waals surface area contributed by atoms with Gasteiger partial charge in [0.05, 0.1) is 13.1 Å². The average Bonchev–Trinajstić information content (AvgIpc) is 3.18. The second-order valence-corrected chi connectivity index (χ2v) is 8.55. The van der Waals surface area contributed by atoms with Crippen molar-refractivity contribution in [1.29, 1.82) is 0 Å². The molecule has 2 aromatic rings. The van der Waals surface area contributed by atoms with E-state index in [1.165, 1.54) is 6.42 Å². The fraction of sp³-hybridized carbons (Fsp3) is 0.619. The number of nitrogens with zero attached hydrogens (tertiary/aromatic N) is 6. The number of carbonyl (C=O) groups excluding carboxylic acids is 1. The molecule has 0 N–H and O–H groups in total. The van der Waals surface area contributed by atoms with Crippen molar-refractivity contribution in [1.82, 2.24) is 29.8 Å². The van der Waals surface area contributed by atoms with Gasteiger partial charge >= 0.3 is 0 Å². The van der Waals surface area contributed by atoms with E-state index in [1.54, 1.807) is 12.4 Å². The highest BCUT2D eigenvalue weighted by atomic mass is 16.5. The smallest absolute Gasteiger partial charge is 0.241 e. The zero-order valence-corrected chi connectivity index (χ0v) is 17.3. The van der Waals surface area contributed by atoms with E-state index in [1.807, 2.05) is 12.1 Å². The minimum atomic E-state index is 0.273. The largest absolute Gasteiger partial charge is 0.341 e. The van der Waals surface area contributed by atoms with Crippen molar-refractivity contribution in [3.8, 4) is 11.4 Å². The van der Waals surface area contributed by atoms with Gasteiger partial charge in [0, 0.05) is 57.2 Å². The fourth-order valence-corrected chi connectivity index (χ4v) is 4.39. The summed E-state index contributed by atoms with van der Waals surface area (Å²) in [5.41, 5.74) is 0.854. The highest BCUT2D eigenvalue weighted by Gasteiger charge is 2.27. The molecule has 0 bridgehead atoms. The number of hydrogen-bond donors (Lipinski definition) is 0. The minimum absolute atomic E-state index is 0.273. The third-order valence-corrected chi connectivity index (χ3v) is 5.79. The number of piperidine rings is 1. The summed E-state index contributed by atoms with van der Waals surface area (Å²) in [6.45, 7) is 11.0. The van der Waals surface area contributed by atoms with Crippen molar-refractivity contribution >= 4 is 5.91 Å². The van der Waals surface area contributed by atoms with E-state index in [4.69, 9.17) is 4.52 Å². The second-order valence-electron chi connectivity index (χ2n) is 8.55. The van der Waals surface area contributed by atoms with E-state index in [0.717, 1.165) is 44.8 Å². The van der Waals surface area contributed by atoms with Crippen molar-refractivity contribution < 1.29 is 9.32 Å². The molecule has 2 atom stereocenters. The lowest BCUT2D eigenvalue weighted by Gasteiger charge is -2.38. The zero-order valence-electron chi connectivity index (χ0n) is 17.3. The molecule has 29 heavy (non-hydrogen) atoms. The molecule has 0 aliphatic carbocycles. The molecular formula is C21H30N6O2. The quantitative estimate of drug-likeness (QED) is 0.759. The number of likely N-dealkylation sites (tertiary alicyclic amines) is 1. The van der Waals surface area contributed by atoms with Crippen LogP contribution in [0.1, 0.15) is 26.2 Å². The third-order valence-electron chi connectivity index (χ3n) is 5.79. The maximum atomic E-state index is 12.7. The summed E-state index contributed by atoms with van der Waals surface area (Å²) < 4.78 is 5.41. The molecule has 0 radical (unpaired) electrons. The fourth-order valence-electron chi connectivity index (χ4n) is 4.39. The lowest BCUT2D eigenvalue weighted by Crippen LogP contribution is -2.51. The molecule has 8 heteroatoms. The average molecular weight is 399 g/mol. The first-order chi connectivity index (χ1) is 14.1. The Balaban J connectivity index is 1.24. The molecule has 8 nitrogen and oxygen atoms in total. The molecule has 0 spiro atoms. The van der Waals surface area contributed by atoms with Crippen LogP contribution in [0.3, 0.4) is 0 Å². The molecule has 4 heterocycles. The Morgan fingerprint density at radius 3 is 2.55 bits per heavy atom. The molecule has 2 aliphatic heterocycles. The van der Waals surface area contributed by atoms with Gasteiger partial charge in [0.2, 0.25) is 17.6 Å². The molecule has 2 aliphatic rings. The Labute approximate surface area is 171 Å². The maximum Gasteiger partial charge on any atom is 0.241 e. The van der Waals surface area contributed by atoms with Crippen molar-refractivity contribution in [2.45, 2.75) is 26.8 Å². The Morgan fingerprint density at radius 2 is 1.86 bits per heavy atom. The Bertz CT molecular complexity index is 793. The highest BCUT2D eigenvalue weighted by molar-refractivity contribution is 5.78. The van der Waals surface area contributed by atoms with E-state index in [0.29, 0.717) is 36.6 Å². The number of hydrogen-bond acceptors (Lipinski definition) is 7. The van der Waals surface area contributed by atoms with Gasteiger partial charge in [0.1, 0.15) is 0 Å². The molecule has 4 rings (SSSR count). The van der Waals surface area contributed by atoms with Gasteiger partial charge < -0.3 is 9.42 Å². The normalized spacial score (nSPS) is 24.0. The number of pyridine rings is 1. The minimum Gasteiger partial charge on any atom is -0.341 e. The number of aromatic nitrogens is 3. The predicted octanol–water partition coefficient (Wildman–Crippen LogP) is 1.75. The summed E-state index contributed by atoms with van der Waals surface area (Å²) in [6, 6.07) is 3.78. The van der Waals surface area contributed by atoms with Crippen LogP contribution in [0.25, 0.3) is 11.4 Å². The molecule has 156 valence electrons. The van der Waals surface area contributed by atoms with Gasteiger partial charge in [-0.1, -0.05) is 19.0 Å². The van der Waals surface area contributed by atoms with Crippen molar-refractivity contribution in [3.05, 3.63) is 30.4 Å². The SMILES string of the molecule is CC1CC(C)CN(C(=O)CN2CCN(Cc3nc(-c4cccnc4)no3)CC2)C1. The number of rotatable bonds is 5. The second kappa shape index (κ2) is 9.00. The lowest BCUT2D eigenvalue weighted by atomic mass is 9.92. The predicted molar refractivity (Wildman–Crippen MR) is 109 cm³/mol. The van der Waals surface area contributed by atoms with Crippen molar-refractivity contribution in [2.75, 3.05) is 45.8 Å². The van der Waals surface area contributed by atoms with Crippen LogP contribution in [0.2, 0.25) is 0 Å². The van der Waals surface area contributed by atoms with Crippen LogP contribution in [0.5, 0.6) is 0 Å². The maximum absolute atomic E-state index is 12.7. The first kappa shape index (κ1) is 20.0. The first-order valence-electron chi connectivity index (χ1n) is 10.5. The summed E-state index contributed by atoms with van der Waals surface area (Å²) in [5, 5.41) is 4.06. The van der Waals surface area contributed by atoms with Crippen molar-refractivity contribution in [3.63, 3.8) is 0 Å². The third kappa shape index (κ3) is 5.19. The number of carbonyl (C=O) groups is 1. The molecule has 0 saturated carbocycles. The first-order valence-corrected chi connectivity index (χ1v) is 10.5. The highest BCUT2D eigenvalue weighted by Crippen LogP contribution is 2.21. The van der Waals surface area contributed by atoms with Crippen LogP contribution < -0.4 is 0 Å². The van der Waals surface area contributed by atoms with Gasteiger partial charge in [-0.25, -0.2) is 0 Å². The van der Waals surface area contributed by atoms with Crippen LogP contribution in [0.4, 0.5) is 0 Å². The van der Waals surface area contributed by atoms with Crippen LogP contribution in [0, 0.1) is 11.8 Å². The lowest BCUT2D eigenvalue weighted by molar-refractivity contribution is -0.135.